The summed E-state index contributed by atoms with van der Waals surface area (Å²) in [4.78, 5) is 0. The quantitative estimate of drug-likeness (QED) is 0.175. The second-order valence-electron chi connectivity index (χ2n) is 15.7. The highest BCUT2D eigenvalue weighted by molar-refractivity contribution is 6.14. The smallest absolute Gasteiger partial charge is 0.0742 e. The summed E-state index contributed by atoms with van der Waals surface area (Å²) in [5.74, 6) is 0. The van der Waals surface area contributed by atoms with E-state index in [4.69, 9.17) is 0 Å². The molecule has 0 atom stereocenters. The summed E-state index contributed by atoms with van der Waals surface area (Å²) in [5, 5.41) is 5.17. The van der Waals surface area contributed by atoms with Crippen LogP contribution >= 0.6 is 0 Å². The third-order valence-electron chi connectivity index (χ3n) is 12.8. The highest BCUT2D eigenvalue weighted by Gasteiger charge is 2.45. The van der Waals surface area contributed by atoms with E-state index < -0.39 is 5.41 Å². The van der Waals surface area contributed by atoms with Crippen molar-refractivity contribution in [3.8, 4) is 22.5 Å². The molecule has 0 N–H and O–H groups in total. The molecular formula is C52H36N2. The summed E-state index contributed by atoms with van der Waals surface area (Å²) in [7, 11) is 0. The number of hydrogen-bond acceptors (Lipinski definition) is 0. The SMILES string of the molecule is CC1(C)c2ccccc2-n2c3ccc(-c4ccc5c(c4)C(c4ccccc4)(c4ccccc4)c4cccc6c7ccccc7n-5c46)cc3c3cccc1c32. The summed E-state index contributed by atoms with van der Waals surface area (Å²) in [6.45, 7) is 4.73. The van der Waals surface area contributed by atoms with Crippen molar-refractivity contribution >= 4 is 43.6 Å². The van der Waals surface area contributed by atoms with Crippen LogP contribution in [0.25, 0.3) is 66.1 Å². The predicted molar refractivity (Wildman–Crippen MR) is 225 cm³/mol. The second kappa shape index (κ2) is 10.5. The summed E-state index contributed by atoms with van der Waals surface area (Å²) < 4.78 is 5.03. The molecule has 2 aliphatic rings. The number of fused-ring (bicyclic) bond motifs is 10. The molecule has 0 radical (unpaired) electrons. The lowest BCUT2D eigenvalue weighted by atomic mass is 9.63. The Morgan fingerprint density at radius 3 is 1.63 bits per heavy atom. The molecule has 10 aromatic rings. The number of aromatic nitrogens is 2. The second-order valence-corrected chi connectivity index (χ2v) is 15.7. The molecule has 2 aliphatic heterocycles. The van der Waals surface area contributed by atoms with E-state index in [0.717, 1.165) is 0 Å². The molecule has 12 rings (SSSR count). The van der Waals surface area contributed by atoms with Gasteiger partial charge in [-0.25, -0.2) is 0 Å². The zero-order valence-electron chi connectivity index (χ0n) is 30.2. The van der Waals surface area contributed by atoms with E-state index in [-0.39, 0.29) is 5.41 Å². The lowest BCUT2D eigenvalue weighted by Gasteiger charge is -2.42. The van der Waals surface area contributed by atoms with Gasteiger partial charge in [0.25, 0.3) is 0 Å². The first kappa shape index (κ1) is 29.9. The molecule has 254 valence electrons. The largest absolute Gasteiger partial charge is 0.309 e. The molecule has 0 unspecified atom stereocenters. The topological polar surface area (TPSA) is 9.86 Å². The molecule has 2 aromatic heterocycles. The van der Waals surface area contributed by atoms with Gasteiger partial charge < -0.3 is 9.13 Å². The van der Waals surface area contributed by atoms with Crippen LogP contribution in [0.15, 0.2) is 182 Å². The van der Waals surface area contributed by atoms with Crippen LogP contribution in [0.3, 0.4) is 0 Å². The molecule has 0 saturated heterocycles. The van der Waals surface area contributed by atoms with Gasteiger partial charge in [-0.3, -0.25) is 0 Å². The molecule has 2 heteroatoms. The lowest BCUT2D eigenvalue weighted by Crippen LogP contribution is -2.35. The maximum absolute atomic E-state index is 2.52. The number of nitrogens with zero attached hydrogens (tertiary/aromatic N) is 2. The van der Waals surface area contributed by atoms with Crippen molar-refractivity contribution in [2.45, 2.75) is 24.7 Å². The van der Waals surface area contributed by atoms with Crippen LogP contribution in [0.4, 0.5) is 0 Å². The van der Waals surface area contributed by atoms with Gasteiger partial charge in [0.05, 0.1) is 38.9 Å². The first-order valence-corrected chi connectivity index (χ1v) is 19.0. The highest BCUT2D eigenvalue weighted by Crippen LogP contribution is 2.55. The summed E-state index contributed by atoms with van der Waals surface area (Å²) in [6.07, 6.45) is 0. The van der Waals surface area contributed by atoms with Crippen molar-refractivity contribution in [3.63, 3.8) is 0 Å². The van der Waals surface area contributed by atoms with E-state index in [2.05, 4.69) is 205 Å². The van der Waals surface area contributed by atoms with Crippen LogP contribution in [0.1, 0.15) is 47.2 Å². The molecule has 0 amide bonds. The molecular weight excluding hydrogens is 653 g/mol. The average Bonchev–Trinajstić information content (AvgIpc) is 3.75. The van der Waals surface area contributed by atoms with Gasteiger partial charge >= 0.3 is 0 Å². The molecule has 54 heavy (non-hydrogen) atoms. The van der Waals surface area contributed by atoms with Gasteiger partial charge in [0, 0.05) is 27.0 Å². The zero-order valence-corrected chi connectivity index (χ0v) is 30.2. The van der Waals surface area contributed by atoms with E-state index in [9.17, 15) is 0 Å². The van der Waals surface area contributed by atoms with Crippen LogP contribution < -0.4 is 0 Å². The zero-order chi connectivity index (χ0) is 35.8. The summed E-state index contributed by atoms with van der Waals surface area (Å²) in [5.41, 5.74) is 17.3. The van der Waals surface area contributed by atoms with E-state index in [0.29, 0.717) is 0 Å². The molecule has 4 heterocycles. The third kappa shape index (κ3) is 3.60. The molecule has 0 fully saturated rings. The van der Waals surface area contributed by atoms with E-state index in [1.54, 1.807) is 0 Å². The van der Waals surface area contributed by atoms with Crippen molar-refractivity contribution in [3.05, 3.63) is 215 Å². The fourth-order valence-electron chi connectivity index (χ4n) is 10.4. The van der Waals surface area contributed by atoms with Gasteiger partial charge in [-0.05, 0) is 80.9 Å². The van der Waals surface area contributed by atoms with Gasteiger partial charge in [0.15, 0.2) is 0 Å². The Hall–Kier alpha value is -6.64. The van der Waals surface area contributed by atoms with Crippen LogP contribution in [0, 0.1) is 0 Å². The number of hydrogen-bond donors (Lipinski definition) is 0. The van der Waals surface area contributed by atoms with Gasteiger partial charge in [-0.15, -0.1) is 0 Å². The number of rotatable bonds is 3. The first-order chi connectivity index (χ1) is 26.6. The van der Waals surface area contributed by atoms with E-state index >= 15 is 0 Å². The minimum absolute atomic E-state index is 0.0929. The fraction of sp³-hybridized carbons (Fsp3) is 0.0769. The maximum atomic E-state index is 2.52. The van der Waals surface area contributed by atoms with Crippen molar-refractivity contribution in [2.75, 3.05) is 0 Å². The van der Waals surface area contributed by atoms with Crippen molar-refractivity contribution in [2.24, 2.45) is 0 Å². The molecule has 2 nitrogen and oxygen atoms in total. The Balaban J connectivity index is 1.18. The minimum atomic E-state index is -0.541. The highest BCUT2D eigenvalue weighted by atomic mass is 15.0. The van der Waals surface area contributed by atoms with E-state index in [1.807, 2.05) is 0 Å². The molecule has 0 bridgehead atoms. The van der Waals surface area contributed by atoms with Crippen LogP contribution in [-0.4, -0.2) is 9.13 Å². The van der Waals surface area contributed by atoms with Crippen molar-refractivity contribution in [1.29, 1.82) is 0 Å². The molecule has 0 saturated carbocycles. The summed E-state index contributed by atoms with van der Waals surface area (Å²) in [6, 6.07) is 68.3. The van der Waals surface area contributed by atoms with Crippen LogP contribution in [-0.2, 0) is 10.8 Å². The fourth-order valence-corrected chi connectivity index (χ4v) is 10.4. The predicted octanol–water partition coefficient (Wildman–Crippen LogP) is 12.9. The van der Waals surface area contributed by atoms with Crippen molar-refractivity contribution < 1.29 is 0 Å². The average molecular weight is 689 g/mol. The van der Waals surface area contributed by atoms with Gasteiger partial charge in [-0.1, -0.05) is 159 Å². The number of benzene rings is 8. The Morgan fingerprint density at radius 1 is 0.352 bits per heavy atom. The third-order valence-corrected chi connectivity index (χ3v) is 12.8. The standard InChI is InChI=1S/C52H36N2/c1-51(2)41-22-10-12-26-47(41)54-46-29-27-33(31-40(46)39-21-13-23-42(51)49(39)54)34-28-30-48-44(32-34)52(35-15-5-3-6-16-35,36-17-7-4-8-18-36)43-24-14-20-38-37-19-9-11-25-45(37)53(48)50(38)43/h3-32H,1-2H3. The van der Waals surface area contributed by atoms with Gasteiger partial charge in [0.2, 0.25) is 0 Å². The maximum Gasteiger partial charge on any atom is 0.0742 e. The Kier molecular flexibility index (Phi) is 5.81. The normalized spacial score (nSPS) is 14.8. The Bertz CT molecular complexity index is 3140. The van der Waals surface area contributed by atoms with Gasteiger partial charge in [0.1, 0.15) is 0 Å². The minimum Gasteiger partial charge on any atom is -0.309 e. The molecule has 0 spiro atoms. The van der Waals surface area contributed by atoms with Crippen molar-refractivity contribution in [1.82, 2.24) is 9.13 Å². The Morgan fingerprint density at radius 2 is 0.870 bits per heavy atom. The monoisotopic (exact) mass is 688 g/mol. The van der Waals surface area contributed by atoms with E-state index in [1.165, 1.54) is 99.5 Å². The number of para-hydroxylation sites is 4. The first-order valence-electron chi connectivity index (χ1n) is 19.0. The Labute approximate surface area is 314 Å². The summed E-state index contributed by atoms with van der Waals surface area (Å²) >= 11 is 0. The van der Waals surface area contributed by atoms with Gasteiger partial charge in [-0.2, -0.15) is 0 Å². The van der Waals surface area contributed by atoms with Crippen LogP contribution in [0.2, 0.25) is 0 Å². The molecule has 0 aliphatic carbocycles. The molecule has 8 aromatic carbocycles. The lowest BCUT2D eigenvalue weighted by molar-refractivity contribution is 0.630. The van der Waals surface area contributed by atoms with Crippen LogP contribution in [0.5, 0.6) is 0 Å².